The first-order valence-electron chi connectivity index (χ1n) is 6.77. The average Bonchev–Trinajstić information content (AvgIpc) is 2.45. The normalized spacial score (nSPS) is 16.2. The number of rotatable bonds is 5. The quantitative estimate of drug-likeness (QED) is 0.802. The monoisotopic (exact) mass is 243 g/mol. The van der Waals surface area contributed by atoms with Crippen molar-refractivity contribution in [3.63, 3.8) is 0 Å². The Morgan fingerprint density at radius 2 is 2.00 bits per heavy atom. The molecule has 96 valence electrons. The molecule has 1 N–H and O–H groups in total. The van der Waals surface area contributed by atoms with E-state index in [4.69, 9.17) is 11.2 Å². The van der Waals surface area contributed by atoms with Crippen molar-refractivity contribution in [2.24, 2.45) is 0 Å². The molecule has 0 atom stereocenters. The first-order chi connectivity index (χ1) is 8.90. The summed E-state index contributed by atoms with van der Waals surface area (Å²) in [5, 5.41) is 3.62. The summed E-state index contributed by atoms with van der Waals surface area (Å²) < 4.78 is 5.55. The van der Waals surface area contributed by atoms with Gasteiger partial charge in [-0.05, 0) is 18.9 Å². The summed E-state index contributed by atoms with van der Waals surface area (Å²) in [7, 11) is 0. The van der Waals surface area contributed by atoms with Crippen LogP contribution in [0.5, 0.6) is 5.75 Å². The fourth-order valence-corrected chi connectivity index (χ4v) is 2.47. The lowest BCUT2D eigenvalue weighted by molar-refractivity contribution is 0.352. The summed E-state index contributed by atoms with van der Waals surface area (Å²) >= 11 is 0. The summed E-state index contributed by atoms with van der Waals surface area (Å²) in [6.45, 7) is 1.20. The average molecular weight is 243 g/mol. The van der Waals surface area contributed by atoms with Crippen LogP contribution in [0.1, 0.15) is 37.7 Å². The predicted octanol–water partition coefficient (Wildman–Crippen LogP) is 3.12. The highest BCUT2D eigenvalue weighted by Crippen LogP contribution is 2.21. The summed E-state index contributed by atoms with van der Waals surface area (Å²) in [6.07, 6.45) is 11.9. The Balaban J connectivity index is 1.89. The van der Waals surface area contributed by atoms with Crippen molar-refractivity contribution in [2.75, 3.05) is 6.61 Å². The number of terminal acetylenes is 1. The molecule has 1 fully saturated rings. The first-order valence-corrected chi connectivity index (χ1v) is 6.77. The third-order valence-electron chi connectivity index (χ3n) is 3.47. The predicted molar refractivity (Wildman–Crippen MR) is 74.5 cm³/mol. The molecule has 18 heavy (non-hydrogen) atoms. The van der Waals surface area contributed by atoms with Crippen LogP contribution >= 0.6 is 0 Å². The number of hydrogen-bond acceptors (Lipinski definition) is 2. The summed E-state index contributed by atoms with van der Waals surface area (Å²) in [5.74, 6) is 3.41. The van der Waals surface area contributed by atoms with Crippen molar-refractivity contribution in [2.45, 2.75) is 44.7 Å². The lowest BCUT2D eigenvalue weighted by Gasteiger charge is -2.23. The highest BCUT2D eigenvalue weighted by Gasteiger charge is 2.13. The van der Waals surface area contributed by atoms with Crippen LogP contribution < -0.4 is 10.1 Å². The van der Waals surface area contributed by atoms with E-state index >= 15 is 0 Å². The molecule has 0 spiro atoms. The Bertz CT molecular complexity index is 402. The van der Waals surface area contributed by atoms with Gasteiger partial charge in [-0.1, -0.05) is 43.4 Å². The number of nitrogens with one attached hydrogen (secondary N) is 1. The maximum Gasteiger partial charge on any atom is 0.148 e. The SMILES string of the molecule is C#CCOc1ccccc1CNC1CCCCC1. The second-order valence-electron chi connectivity index (χ2n) is 4.82. The number of ether oxygens (including phenoxy) is 1. The van der Waals surface area contributed by atoms with E-state index in [1.165, 1.54) is 37.7 Å². The van der Waals surface area contributed by atoms with Gasteiger partial charge in [0.15, 0.2) is 0 Å². The van der Waals surface area contributed by atoms with Crippen molar-refractivity contribution in [1.82, 2.24) is 5.32 Å². The van der Waals surface area contributed by atoms with Crippen molar-refractivity contribution >= 4 is 0 Å². The topological polar surface area (TPSA) is 21.3 Å². The zero-order valence-corrected chi connectivity index (χ0v) is 10.8. The number of para-hydroxylation sites is 1. The van der Waals surface area contributed by atoms with Gasteiger partial charge in [-0.3, -0.25) is 0 Å². The third kappa shape index (κ3) is 3.78. The minimum Gasteiger partial charge on any atom is -0.481 e. The minimum absolute atomic E-state index is 0.334. The molecule has 0 saturated heterocycles. The van der Waals surface area contributed by atoms with E-state index < -0.39 is 0 Å². The summed E-state index contributed by atoms with van der Waals surface area (Å²) in [4.78, 5) is 0. The van der Waals surface area contributed by atoms with E-state index in [1.54, 1.807) is 0 Å². The van der Waals surface area contributed by atoms with E-state index in [-0.39, 0.29) is 0 Å². The zero-order chi connectivity index (χ0) is 12.6. The highest BCUT2D eigenvalue weighted by molar-refractivity contribution is 5.33. The van der Waals surface area contributed by atoms with Crippen LogP contribution in [-0.4, -0.2) is 12.6 Å². The van der Waals surface area contributed by atoms with E-state index in [0.29, 0.717) is 12.6 Å². The van der Waals surface area contributed by atoms with E-state index in [1.807, 2.05) is 18.2 Å². The summed E-state index contributed by atoms with van der Waals surface area (Å²) in [5.41, 5.74) is 1.19. The van der Waals surface area contributed by atoms with E-state index in [9.17, 15) is 0 Å². The van der Waals surface area contributed by atoms with Crippen LogP contribution in [-0.2, 0) is 6.54 Å². The van der Waals surface area contributed by atoms with Crippen molar-refractivity contribution in [3.05, 3.63) is 29.8 Å². The van der Waals surface area contributed by atoms with Crippen LogP contribution in [0, 0.1) is 12.3 Å². The van der Waals surface area contributed by atoms with Crippen LogP contribution in [0.25, 0.3) is 0 Å². The molecule has 0 radical (unpaired) electrons. The van der Waals surface area contributed by atoms with Gasteiger partial charge in [-0.25, -0.2) is 0 Å². The van der Waals surface area contributed by atoms with E-state index in [2.05, 4.69) is 17.3 Å². The third-order valence-corrected chi connectivity index (χ3v) is 3.47. The molecule has 0 aromatic heterocycles. The van der Waals surface area contributed by atoms with Crippen molar-refractivity contribution in [3.8, 4) is 18.1 Å². The van der Waals surface area contributed by atoms with E-state index in [0.717, 1.165) is 12.3 Å². The second kappa shape index (κ2) is 7.08. The molecular formula is C16H21NO. The molecule has 1 aliphatic rings. The number of hydrogen-bond donors (Lipinski definition) is 1. The van der Waals surface area contributed by atoms with Crippen molar-refractivity contribution < 1.29 is 4.74 Å². The Kier molecular flexibility index (Phi) is 5.11. The van der Waals surface area contributed by atoms with Gasteiger partial charge in [0.05, 0.1) is 0 Å². The van der Waals surface area contributed by atoms with Crippen LogP contribution in [0.15, 0.2) is 24.3 Å². The molecule has 2 rings (SSSR count). The maximum absolute atomic E-state index is 5.55. The molecule has 1 aromatic carbocycles. The lowest BCUT2D eigenvalue weighted by Crippen LogP contribution is -2.30. The molecule has 2 heteroatoms. The Morgan fingerprint density at radius 3 is 2.78 bits per heavy atom. The van der Waals surface area contributed by atoms with Gasteiger partial charge in [0.25, 0.3) is 0 Å². The molecule has 1 aliphatic carbocycles. The fraction of sp³-hybridized carbons (Fsp3) is 0.500. The Labute approximate surface area is 110 Å². The number of benzene rings is 1. The second-order valence-corrected chi connectivity index (χ2v) is 4.82. The van der Waals surface area contributed by atoms with Gasteiger partial charge in [-0.2, -0.15) is 0 Å². The fourth-order valence-electron chi connectivity index (χ4n) is 2.47. The van der Waals surface area contributed by atoms with Gasteiger partial charge < -0.3 is 10.1 Å². The molecule has 1 saturated carbocycles. The Hall–Kier alpha value is -1.46. The van der Waals surface area contributed by atoms with Crippen LogP contribution in [0.4, 0.5) is 0 Å². The summed E-state index contributed by atoms with van der Waals surface area (Å²) in [6, 6.07) is 8.77. The zero-order valence-electron chi connectivity index (χ0n) is 10.8. The molecule has 0 amide bonds. The van der Waals surface area contributed by atoms with Gasteiger partial charge in [0.2, 0.25) is 0 Å². The van der Waals surface area contributed by atoms with Gasteiger partial charge in [-0.15, -0.1) is 6.42 Å². The largest absolute Gasteiger partial charge is 0.481 e. The molecule has 0 bridgehead atoms. The first kappa shape index (κ1) is 13.0. The molecule has 2 nitrogen and oxygen atoms in total. The molecule has 0 aliphatic heterocycles. The molecule has 1 aromatic rings. The van der Waals surface area contributed by atoms with Gasteiger partial charge in [0.1, 0.15) is 12.4 Å². The lowest BCUT2D eigenvalue weighted by atomic mass is 9.95. The van der Waals surface area contributed by atoms with Gasteiger partial charge in [0, 0.05) is 18.2 Å². The molecule has 0 heterocycles. The standard InChI is InChI=1S/C16H21NO/c1-2-12-18-16-11-7-6-8-14(16)13-17-15-9-4-3-5-10-15/h1,6-8,11,15,17H,3-5,9-10,12-13H2. The van der Waals surface area contributed by atoms with Crippen LogP contribution in [0.3, 0.4) is 0 Å². The van der Waals surface area contributed by atoms with Crippen LogP contribution in [0.2, 0.25) is 0 Å². The van der Waals surface area contributed by atoms with Crippen molar-refractivity contribution in [1.29, 1.82) is 0 Å². The maximum atomic E-state index is 5.55. The Morgan fingerprint density at radius 1 is 1.22 bits per heavy atom. The molecular weight excluding hydrogens is 222 g/mol. The minimum atomic E-state index is 0.334. The molecule has 0 unspecified atom stereocenters. The van der Waals surface area contributed by atoms with Gasteiger partial charge >= 0.3 is 0 Å². The highest BCUT2D eigenvalue weighted by atomic mass is 16.5. The smallest absolute Gasteiger partial charge is 0.148 e.